The fraction of sp³-hybridized carbons (Fsp3) is 0.913. The molecule has 1 saturated heterocycles. The maximum absolute atomic E-state index is 11.9. The maximum Gasteiger partial charge on any atom is 0.219 e. The highest BCUT2D eigenvalue weighted by Crippen LogP contribution is 2.23. The molecule has 37 heavy (non-hydrogen) atoms. The van der Waals surface area contributed by atoms with E-state index in [1.807, 2.05) is 7.05 Å². The lowest BCUT2D eigenvalue weighted by Crippen LogP contribution is -2.64. The molecule has 0 bridgehead atoms. The van der Waals surface area contributed by atoms with Crippen LogP contribution in [-0.4, -0.2) is 153 Å². The second kappa shape index (κ2) is 19.6. The number of nitrogens with one attached hydrogen (secondary N) is 3. The van der Waals surface area contributed by atoms with Crippen molar-refractivity contribution in [2.24, 2.45) is 0 Å². The van der Waals surface area contributed by atoms with Crippen LogP contribution in [0.4, 0.5) is 0 Å². The standard InChI is InChI=1S/C23H46N4O10/c1-16(29)26-21-18(37-19(15-28)22(32)23(21)33)4-8-34-11-7-27(17(2)30)14-20(31)25-6-10-36-13-12-35-9-5-24-3/h18-25,28,31-33H,4-15H2,1-3H3,(H,26,29)/t18-,19?,20-,21+,22+,23-/m1/s1. The molecule has 0 aliphatic carbocycles. The number of hydrogen-bond donors (Lipinski definition) is 7. The van der Waals surface area contributed by atoms with Crippen LogP contribution in [0.25, 0.3) is 0 Å². The van der Waals surface area contributed by atoms with Gasteiger partial charge in [0.05, 0.1) is 58.3 Å². The highest BCUT2D eigenvalue weighted by Gasteiger charge is 2.44. The minimum atomic E-state index is -1.34. The second-order valence-electron chi connectivity index (χ2n) is 8.77. The van der Waals surface area contributed by atoms with E-state index >= 15 is 0 Å². The van der Waals surface area contributed by atoms with Gasteiger partial charge < -0.3 is 54.9 Å². The van der Waals surface area contributed by atoms with Crippen LogP contribution in [0.1, 0.15) is 20.3 Å². The number of aliphatic hydroxyl groups is 4. The van der Waals surface area contributed by atoms with Gasteiger partial charge in [-0.1, -0.05) is 0 Å². The lowest BCUT2D eigenvalue weighted by molar-refractivity contribution is -0.198. The van der Waals surface area contributed by atoms with Gasteiger partial charge in [-0.2, -0.15) is 0 Å². The van der Waals surface area contributed by atoms with Gasteiger partial charge in [0.15, 0.2) is 0 Å². The highest BCUT2D eigenvalue weighted by atomic mass is 16.5. The molecule has 1 unspecified atom stereocenters. The molecule has 1 fully saturated rings. The Balaban J connectivity index is 2.30. The molecule has 1 aliphatic rings. The first-order valence-electron chi connectivity index (χ1n) is 12.7. The molecule has 6 atom stereocenters. The number of amides is 2. The molecule has 0 radical (unpaired) electrons. The van der Waals surface area contributed by atoms with Gasteiger partial charge in [-0.15, -0.1) is 0 Å². The smallest absolute Gasteiger partial charge is 0.219 e. The largest absolute Gasteiger partial charge is 0.394 e. The van der Waals surface area contributed by atoms with Crippen molar-refractivity contribution in [2.75, 3.05) is 79.5 Å². The van der Waals surface area contributed by atoms with Crippen molar-refractivity contribution in [3.05, 3.63) is 0 Å². The SMILES string of the molecule is CNCCOCCOCCN[C@H](O)CN(CCOCC[C@H]1OC(CO)[C@H](O)[C@H](O)[C@H]1NC(C)=O)C(C)=O. The molecule has 1 rings (SSSR count). The van der Waals surface area contributed by atoms with Crippen molar-refractivity contribution >= 4 is 11.8 Å². The molecule has 7 N–H and O–H groups in total. The fourth-order valence-electron chi connectivity index (χ4n) is 3.77. The van der Waals surface area contributed by atoms with Gasteiger partial charge in [0.25, 0.3) is 0 Å². The molecule has 218 valence electrons. The van der Waals surface area contributed by atoms with E-state index in [1.54, 1.807) is 0 Å². The van der Waals surface area contributed by atoms with Crippen molar-refractivity contribution in [1.82, 2.24) is 20.9 Å². The Morgan fingerprint density at radius 1 is 0.946 bits per heavy atom. The Hall–Kier alpha value is -1.46. The summed E-state index contributed by atoms with van der Waals surface area (Å²) in [6.45, 7) is 6.05. The van der Waals surface area contributed by atoms with Crippen molar-refractivity contribution in [3.63, 3.8) is 0 Å². The third-order valence-corrected chi connectivity index (χ3v) is 5.78. The lowest BCUT2D eigenvalue weighted by atomic mass is 9.91. The number of hydrogen-bond acceptors (Lipinski definition) is 12. The summed E-state index contributed by atoms with van der Waals surface area (Å²) in [5.74, 6) is -0.609. The average Bonchev–Trinajstić information content (AvgIpc) is 2.85. The first-order valence-corrected chi connectivity index (χ1v) is 12.7. The van der Waals surface area contributed by atoms with Gasteiger partial charge in [-0.05, 0) is 13.5 Å². The van der Waals surface area contributed by atoms with Crippen LogP contribution in [0.3, 0.4) is 0 Å². The van der Waals surface area contributed by atoms with E-state index in [0.29, 0.717) is 33.0 Å². The lowest BCUT2D eigenvalue weighted by Gasteiger charge is -2.42. The molecule has 1 heterocycles. The van der Waals surface area contributed by atoms with Crippen LogP contribution in [0.15, 0.2) is 0 Å². The Morgan fingerprint density at radius 2 is 1.59 bits per heavy atom. The average molecular weight is 539 g/mol. The van der Waals surface area contributed by atoms with E-state index < -0.39 is 49.2 Å². The topological polar surface area (TPSA) is 191 Å². The second-order valence-corrected chi connectivity index (χ2v) is 8.77. The molecular weight excluding hydrogens is 492 g/mol. The zero-order valence-corrected chi connectivity index (χ0v) is 22.1. The molecule has 0 aromatic carbocycles. The van der Waals surface area contributed by atoms with E-state index in [9.17, 15) is 30.0 Å². The first kappa shape index (κ1) is 33.6. The zero-order chi connectivity index (χ0) is 27.6. The monoisotopic (exact) mass is 538 g/mol. The molecule has 2 amide bonds. The number of likely N-dealkylation sites (N-methyl/N-ethyl adjacent to an activating group) is 1. The minimum Gasteiger partial charge on any atom is -0.394 e. The normalized spacial score (nSPS) is 24.6. The number of carbonyl (C=O) groups excluding carboxylic acids is 2. The Bertz CT molecular complexity index is 632. The summed E-state index contributed by atoms with van der Waals surface area (Å²) in [6, 6.07) is -0.858. The van der Waals surface area contributed by atoms with Gasteiger partial charge in [-0.25, -0.2) is 0 Å². The molecule has 1 aliphatic heterocycles. The molecular formula is C23H46N4O10. The van der Waals surface area contributed by atoms with E-state index in [1.165, 1.54) is 18.7 Å². The minimum absolute atomic E-state index is 0.0738. The Morgan fingerprint density at radius 3 is 2.19 bits per heavy atom. The van der Waals surface area contributed by atoms with Crippen LogP contribution < -0.4 is 16.0 Å². The molecule has 0 aromatic heterocycles. The number of rotatable bonds is 20. The fourth-order valence-corrected chi connectivity index (χ4v) is 3.77. The van der Waals surface area contributed by atoms with E-state index in [2.05, 4.69) is 16.0 Å². The summed E-state index contributed by atoms with van der Waals surface area (Å²) in [5, 5.41) is 48.4. The summed E-state index contributed by atoms with van der Waals surface area (Å²) in [6.07, 6.45) is -4.96. The van der Waals surface area contributed by atoms with Gasteiger partial charge in [0, 0.05) is 40.1 Å². The van der Waals surface area contributed by atoms with Gasteiger partial charge in [-0.3, -0.25) is 14.9 Å². The Labute approximate surface area is 218 Å². The quantitative estimate of drug-likeness (QED) is 0.0596. The van der Waals surface area contributed by atoms with Crippen LogP contribution >= 0.6 is 0 Å². The third kappa shape index (κ3) is 13.8. The molecule has 0 aromatic rings. The summed E-state index contributed by atoms with van der Waals surface area (Å²) in [5.41, 5.74) is 0. The van der Waals surface area contributed by atoms with E-state index in [0.717, 1.165) is 6.54 Å². The van der Waals surface area contributed by atoms with Gasteiger partial charge in [0.2, 0.25) is 11.8 Å². The van der Waals surface area contributed by atoms with Crippen molar-refractivity contribution < 1.29 is 49.0 Å². The predicted molar refractivity (Wildman–Crippen MR) is 133 cm³/mol. The van der Waals surface area contributed by atoms with Crippen LogP contribution in [0.5, 0.6) is 0 Å². The highest BCUT2D eigenvalue weighted by molar-refractivity contribution is 5.73. The first-order chi connectivity index (χ1) is 17.7. The summed E-state index contributed by atoms with van der Waals surface area (Å²) < 4.78 is 22.0. The van der Waals surface area contributed by atoms with Crippen LogP contribution in [0, 0.1) is 0 Å². The van der Waals surface area contributed by atoms with E-state index in [4.69, 9.17) is 18.9 Å². The summed E-state index contributed by atoms with van der Waals surface area (Å²) >= 11 is 0. The maximum atomic E-state index is 11.9. The van der Waals surface area contributed by atoms with E-state index in [-0.39, 0.29) is 38.6 Å². The number of nitrogens with zero attached hydrogens (tertiary/aromatic N) is 1. The van der Waals surface area contributed by atoms with Crippen molar-refractivity contribution in [1.29, 1.82) is 0 Å². The molecule has 14 heteroatoms. The van der Waals surface area contributed by atoms with Crippen molar-refractivity contribution in [2.45, 2.75) is 57.0 Å². The number of ether oxygens (including phenoxy) is 4. The summed E-state index contributed by atoms with van der Waals surface area (Å²) in [7, 11) is 1.85. The predicted octanol–water partition coefficient (Wildman–Crippen LogP) is -3.61. The van der Waals surface area contributed by atoms with Gasteiger partial charge >= 0.3 is 0 Å². The number of carbonyl (C=O) groups is 2. The van der Waals surface area contributed by atoms with Crippen LogP contribution in [-0.2, 0) is 28.5 Å². The Kier molecular flexibility index (Phi) is 17.8. The summed E-state index contributed by atoms with van der Waals surface area (Å²) in [4.78, 5) is 24.9. The molecule has 14 nitrogen and oxygen atoms in total. The number of aliphatic hydroxyl groups excluding tert-OH is 4. The van der Waals surface area contributed by atoms with Crippen molar-refractivity contribution in [3.8, 4) is 0 Å². The molecule has 0 spiro atoms. The third-order valence-electron chi connectivity index (χ3n) is 5.78. The molecule has 0 saturated carbocycles. The van der Waals surface area contributed by atoms with Crippen LogP contribution in [0.2, 0.25) is 0 Å². The zero-order valence-electron chi connectivity index (χ0n) is 22.1. The van der Waals surface area contributed by atoms with Gasteiger partial charge in [0.1, 0.15) is 24.5 Å².